The van der Waals surface area contributed by atoms with Crippen LogP contribution in [0.2, 0.25) is 0 Å². The third-order valence-corrected chi connectivity index (χ3v) is 7.54. The molecule has 0 unspecified atom stereocenters. The predicted octanol–water partition coefficient (Wildman–Crippen LogP) is 8.36. The molecule has 1 aliphatic rings. The first-order chi connectivity index (χ1) is 17.2. The van der Waals surface area contributed by atoms with Gasteiger partial charge in [0.25, 0.3) is 0 Å². The Labute approximate surface area is 217 Å². The van der Waals surface area contributed by atoms with E-state index < -0.39 is 0 Å². The molecule has 0 radical (unpaired) electrons. The Bertz CT molecular complexity index is 839. The van der Waals surface area contributed by atoms with E-state index in [2.05, 4.69) is 31.2 Å². The van der Waals surface area contributed by atoms with Gasteiger partial charge in [0.1, 0.15) is 6.07 Å². The van der Waals surface area contributed by atoms with E-state index >= 15 is 0 Å². The van der Waals surface area contributed by atoms with E-state index in [-0.39, 0.29) is 12.0 Å². The standard InChI is InChI=1S/C31H43ClO3/c1-2-3-4-6-25-13-17-29(18-14-25)30-19-15-26(16-20-30)7-5-8-31(33)35-22-21-27-9-11-28(12-10-27)23-34-24-32/h9-12,15-16,19-20,25,29H,2-8,13-14,17-18,21-24H2,1H3. The van der Waals surface area contributed by atoms with E-state index in [1.165, 1.54) is 62.5 Å². The smallest absolute Gasteiger partial charge is 0.305 e. The number of ether oxygens (including phenoxy) is 2. The zero-order chi connectivity index (χ0) is 24.7. The van der Waals surface area contributed by atoms with Gasteiger partial charge in [-0.25, -0.2) is 0 Å². The van der Waals surface area contributed by atoms with Crippen LogP contribution in [0.1, 0.15) is 99.3 Å². The minimum Gasteiger partial charge on any atom is -0.465 e. The summed E-state index contributed by atoms with van der Waals surface area (Å²) in [5.74, 6) is 1.58. The third-order valence-electron chi connectivity index (χ3n) is 7.38. The summed E-state index contributed by atoms with van der Waals surface area (Å²) < 4.78 is 10.6. The van der Waals surface area contributed by atoms with E-state index in [9.17, 15) is 4.79 Å². The first-order valence-electron chi connectivity index (χ1n) is 13.6. The van der Waals surface area contributed by atoms with Gasteiger partial charge in [-0.2, -0.15) is 0 Å². The van der Waals surface area contributed by atoms with Gasteiger partial charge >= 0.3 is 5.97 Å². The summed E-state index contributed by atoms with van der Waals surface area (Å²) in [4.78, 5) is 12.1. The van der Waals surface area contributed by atoms with E-state index in [1.807, 2.05) is 24.3 Å². The topological polar surface area (TPSA) is 35.5 Å². The van der Waals surface area contributed by atoms with Crippen molar-refractivity contribution < 1.29 is 14.3 Å². The second kappa shape index (κ2) is 16.0. The molecule has 35 heavy (non-hydrogen) atoms. The summed E-state index contributed by atoms with van der Waals surface area (Å²) in [7, 11) is 0. The van der Waals surface area contributed by atoms with Crippen LogP contribution in [0.15, 0.2) is 48.5 Å². The van der Waals surface area contributed by atoms with Gasteiger partial charge in [-0.1, -0.05) is 92.7 Å². The molecule has 0 aromatic heterocycles. The van der Waals surface area contributed by atoms with Gasteiger partial charge in [-0.05, 0) is 72.6 Å². The third kappa shape index (κ3) is 10.4. The molecule has 1 saturated carbocycles. The van der Waals surface area contributed by atoms with Crippen molar-refractivity contribution in [2.45, 2.75) is 96.5 Å². The number of hydrogen-bond acceptors (Lipinski definition) is 3. The predicted molar refractivity (Wildman–Crippen MR) is 145 cm³/mol. The minimum absolute atomic E-state index is 0.107. The maximum absolute atomic E-state index is 12.1. The Balaban J connectivity index is 1.28. The maximum Gasteiger partial charge on any atom is 0.305 e. The molecule has 0 atom stereocenters. The molecule has 0 N–H and O–H groups in total. The van der Waals surface area contributed by atoms with Crippen molar-refractivity contribution in [1.29, 1.82) is 0 Å². The van der Waals surface area contributed by atoms with Crippen LogP contribution < -0.4 is 0 Å². The van der Waals surface area contributed by atoms with Crippen LogP contribution >= 0.6 is 11.6 Å². The number of esters is 1. The highest BCUT2D eigenvalue weighted by Gasteiger charge is 2.21. The molecular weight excluding hydrogens is 456 g/mol. The molecule has 3 rings (SSSR count). The van der Waals surface area contributed by atoms with Crippen LogP contribution in [0, 0.1) is 5.92 Å². The van der Waals surface area contributed by atoms with Crippen molar-refractivity contribution in [2.75, 3.05) is 12.7 Å². The molecule has 3 nitrogen and oxygen atoms in total. The normalized spacial score (nSPS) is 17.9. The summed E-state index contributed by atoms with van der Waals surface area (Å²) in [6, 6.07) is 17.5. The quantitative estimate of drug-likeness (QED) is 0.140. The first-order valence-corrected chi connectivity index (χ1v) is 14.2. The Morgan fingerprint density at radius 3 is 2.20 bits per heavy atom. The second-order valence-electron chi connectivity index (χ2n) is 10.1. The summed E-state index contributed by atoms with van der Waals surface area (Å²) in [6.07, 6.45) is 14.0. The fourth-order valence-corrected chi connectivity index (χ4v) is 5.25. The zero-order valence-electron chi connectivity index (χ0n) is 21.5. The van der Waals surface area contributed by atoms with Crippen LogP contribution in [-0.2, 0) is 33.7 Å². The van der Waals surface area contributed by atoms with E-state index in [0.29, 0.717) is 19.6 Å². The number of rotatable bonds is 15. The van der Waals surface area contributed by atoms with Gasteiger partial charge in [-0.15, -0.1) is 0 Å². The number of alkyl halides is 1. The van der Waals surface area contributed by atoms with Crippen LogP contribution in [0.25, 0.3) is 0 Å². The fraction of sp³-hybridized carbons (Fsp3) is 0.581. The number of halogens is 1. The van der Waals surface area contributed by atoms with Crippen LogP contribution in [0.3, 0.4) is 0 Å². The van der Waals surface area contributed by atoms with Gasteiger partial charge in [0, 0.05) is 12.8 Å². The molecule has 1 fully saturated rings. The number of aryl methyl sites for hydroxylation is 1. The van der Waals surface area contributed by atoms with E-state index in [0.717, 1.165) is 42.2 Å². The number of benzene rings is 2. The van der Waals surface area contributed by atoms with Crippen LogP contribution in [-0.4, -0.2) is 18.6 Å². The molecule has 0 amide bonds. The molecule has 0 saturated heterocycles. The summed E-state index contributed by atoms with van der Waals surface area (Å²) >= 11 is 5.54. The van der Waals surface area contributed by atoms with Crippen molar-refractivity contribution >= 4 is 17.6 Å². The lowest BCUT2D eigenvalue weighted by Crippen LogP contribution is -2.13. The average Bonchev–Trinajstić information content (AvgIpc) is 2.89. The highest BCUT2D eigenvalue weighted by Crippen LogP contribution is 2.37. The molecule has 0 heterocycles. The summed E-state index contributed by atoms with van der Waals surface area (Å²) in [5.41, 5.74) is 5.05. The lowest BCUT2D eigenvalue weighted by Gasteiger charge is -2.29. The molecular formula is C31H43ClO3. The van der Waals surface area contributed by atoms with Gasteiger partial charge in [0.05, 0.1) is 13.2 Å². The van der Waals surface area contributed by atoms with Crippen molar-refractivity contribution in [2.24, 2.45) is 5.92 Å². The number of carbonyl (C=O) groups excluding carboxylic acids is 1. The van der Waals surface area contributed by atoms with E-state index in [4.69, 9.17) is 21.1 Å². The molecule has 192 valence electrons. The molecule has 2 aromatic carbocycles. The summed E-state index contributed by atoms with van der Waals surface area (Å²) in [6.45, 7) is 3.23. The van der Waals surface area contributed by atoms with Crippen molar-refractivity contribution in [3.05, 3.63) is 70.8 Å². The minimum atomic E-state index is -0.107. The Morgan fingerprint density at radius 1 is 0.857 bits per heavy atom. The van der Waals surface area contributed by atoms with Crippen LogP contribution in [0.4, 0.5) is 0 Å². The number of carbonyl (C=O) groups is 1. The Morgan fingerprint density at radius 2 is 1.51 bits per heavy atom. The average molecular weight is 499 g/mol. The van der Waals surface area contributed by atoms with Crippen molar-refractivity contribution in [3.63, 3.8) is 0 Å². The molecule has 1 aliphatic carbocycles. The first kappa shape index (κ1) is 27.7. The number of hydrogen-bond donors (Lipinski definition) is 0. The second-order valence-corrected chi connectivity index (χ2v) is 10.3. The largest absolute Gasteiger partial charge is 0.465 e. The monoisotopic (exact) mass is 498 g/mol. The highest BCUT2D eigenvalue weighted by molar-refractivity contribution is 6.17. The Hall–Kier alpha value is -1.84. The van der Waals surface area contributed by atoms with Gasteiger partial charge in [-0.3, -0.25) is 4.79 Å². The van der Waals surface area contributed by atoms with Gasteiger partial charge < -0.3 is 9.47 Å². The lowest BCUT2D eigenvalue weighted by molar-refractivity contribution is -0.143. The maximum atomic E-state index is 12.1. The van der Waals surface area contributed by atoms with Gasteiger partial charge in [0.15, 0.2) is 0 Å². The molecule has 0 aliphatic heterocycles. The summed E-state index contributed by atoms with van der Waals surface area (Å²) in [5, 5.41) is 0. The molecule has 2 aromatic rings. The molecule has 0 spiro atoms. The lowest BCUT2D eigenvalue weighted by atomic mass is 9.77. The Kier molecular flexibility index (Phi) is 12.7. The number of unbranched alkanes of at least 4 members (excludes halogenated alkanes) is 2. The SMILES string of the molecule is CCCCCC1CCC(c2ccc(CCCC(=O)OCCc3ccc(COCCl)cc3)cc2)CC1. The van der Waals surface area contributed by atoms with Crippen molar-refractivity contribution in [1.82, 2.24) is 0 Å². The molecule has 0 bridgehead atoms. The van der Waals surface area contributed by atoms with Crippen LogP contribution in [0.5, 0.6) is 0 Å². The van der Waals surface area contributed by atoms with Gasteiger partial charge in [0.2, 0.25) is 0 Å². The van der Waals surface area contributed by atoms with E-state index in [1.54, 1.807) is 0 Å². The van der Waals surface area contributed by atoms with Crippen molar-refractivity contribution in [3.8, 4) is 0 Å². The molecule has 4 heteroatoms. The highest BCUT2D eigenvalue weighted by atomic mass is 35.5. The fourth-order valence-electron chi connectivity index (χ4n) is 5.17. The zero-order valence-corrected chi connectivity index (χ0v) is 22.2.